The second kappa shape index (κ2) is 20.6. The molecule has 0 amide bonds. The van der Waals surface area contributed by atoms with Gasteiger partial charge in [-0.1, -0.05) is 230 Å². The van der Waals surface area contributed by atoms with Crippen LogP contribution in [0.4, 0.5) is 0 Å². The predicted octanol–water partition coefficient (Wildman–Crippen LogP) is 19.1. The molecule has 3 aromatic heterocycles. The van der Waals surface area contributed by atoms with Gasteiger partial charge in [-0.15, -0.1) is 0 Å². The van der Waals surface area contributed by atoms with Gasteiger partial charge in [0, 0.05) is 39.3 Å². The summed E-state index contributed by atoms with van der Waals surface area (Å²) in [5.74, 6) is 0. The lowest BCUT2D eigenvalue weighted by Gasteiger charge is -2.24. The number of hydrogen-bond donors (Lipinski definition) is 0. The first-order chi connectivity index (χ1) is 38.0. The van der Waals surface area contributed by atoms with Gasteiger partial charge < -0.3 is 0 Å². The zero-order chi connectivity index (χ0) is 53.4. The molecule has 0 bridgehead atoms. The summed E-state index contributed by atoms with van der Waals surface area (Å²) in [7, 11) is 0. The van der Waals surface area contributed by atoms with Crippen LogP contribution in [-0.4, -0.2) is 24.5 Å². The SMILES string of the molecule is CC(C)(C)c1c(-c2ccccc2-c2cc(-c3ccccc3-c3ccc(-c4cccc(-c5ccc(-c6ccccc6)cc5)c4)nc3)cc(-c3ccccc3-c3cnn(-c4ccccc4)c3C(C)(C)C)c2)cnn1-c1ccccc1. The van der Waals surface area contributed by atoms with Gasteiger partial charge in [-0.05, 0) is 127 Å². The number of pyridine rings is 1. The third kappa shape index (κ3) is 9.72. The van der Waals surface area contributed by atoms with E-state index in [9.17, 15) is 0 Å². The van der Waals surface area contributed by atoms with Gasteiger partial charge in [-0.25, -0.2) is 9.36 Å². The van der Waals surface area contributed by atoms with Crippen LogP contribution in [0.3, 0.4) is 0 Å². The minimum absolute atomic E-state index is 0.226. The molecule has 0 saturated heterocycles. The van der Waals surface area contributed by atoms with Crippen LogP contribution in [0.2, 0.25) is 0 Å². The van der Waals surface area contributed by atoms with Crippen molar-refractivity contribution < 1.29 is 0 Å². The van der Waals surface area contributed by atoms with Crippen molar-refractivity contribution in [3.63, 3.8) is 0 Å². The average molecular weight is 1010 g/mol. The highest BCUT2D eigenvalue weighted by Crippen LogP contribution is 2.46. The first-order valence-corrected chi connectivity index (χ1v) is 26.9. The van der Waals surface area contributed by atoms with E-state index in [0.29, 0.717) is 0 Å². The van der Waals surface area contributed by atoms with Gasteiger partial charge in [0.05, 0.1) is 40.9 Å². The summed E-state index contributed by atoms with van der Waals surface area (Å²) in [4.78, 5) is 5.16. The zero-order valence-corrected chi connectivity index (χ0v) is 45.1. The van der Waals surface area contributed by atoms with E-state index < -0.39 is 0 Å². The Morgan fingerprint density at radius 1 is 0.256 bits per heavy atom. The number of aromatic nitrogens is 5. The van der Waals surface area contributed by atoms with Crippen molar-refractivity contribution in [3.05, 3.63) is 273 Å². The minimum Gasteiger partial charge on any atom is -0.256 e. The van der Waals surface area contributed by atoms with Gasteiger partial charge in [0.25, 0.3) is 0 Å². The van der Waals surface area contributed by atoms with Crippen molar-refractivity contribution in [1.82, 2.24) is 24.5 Å². The minimum atomic E-state index is -0.226. The number of rotatable bonds is 11. The van der Waals surface area contributed by atoms with Gasteiger partial charge in [-0.3, -0.25) is 4.98 Å². The predicted molar refractivity (Wildman–Crippen MR) is 325 cm³/mol. The molecule has 0 aliphatic heterocycles. The van der Waals surface area contributed by atoms with E-state index in [2.05, 4.69) is 306 Å². The first-order valence-electron chi connectivity index (χ1n) is 26.9. The number of nitrogens with zero attached hydrogens (tertiary/aromatic N) is 5. The topological polar surface area (TPSA) is 48.5 Å². The summed E-state index contributed by atoms with van der Waals surface area (Å²) in [5, 5.41) is 10.2. The molecule has 12 aromatic rings. The molecular formula is C73H61N5. The van der Waals surface area contributed by atoms with Gasteiger partial charge in [0.15, 0.2) is 0 Å². The van der Waals surface area contributed by atoms with Crippen LogP contribution in [0.15, 0.2) is 261 Å². The molecule has 0 aliphatic rings. The van der Waals surface area contributed by atoms with E-state index in [1.54, 1.807) is 0 Å². The average Bonchev–Trinajstić information content (AvgIpc) is 4.33. The van der Waals surface area contributed by atoms with Crippen LogP contribution in [-0.2, 0) is 10.8 Å². The highest BCUT2D eigenvalue weighted by Gasteiger charge is 2.29. The van der Waals surface area contributed by atoms with Crippen LogP contribution in [0.5, 0.6) is 0 Å². The van der Waals surface area contributed by atoms with Crippen molar-refractivity contribution >= 4 is 0 Å². The molecule has 0 spiro atoms. The second-order valence-corrected chi connectivity index (χ2v) is 22.2. The molecule has 12 rings (SSSR count). The molecule has 3 heterocycles. The first kappa shape index (κ1) is 49.4. The number of benzene rings is 9. The fourth-order valence-electron chi connectivity index (χ4n) is 11.2. The molecule has 0 N–H and O–H groups in total. The maximum Gasteiger partial charge on any atom is 0.0702 e. The molecule has 0 radical (unpaired) electrons. The molecule has 0 unspecified atom stereocenters. The number of para-hydroxylation sites is 2. The van der Waals surface area contributed by atoms with E-state index in [1.807, 2.05) is 6.20 Å². The van der Waals surface area contributed by atoms with Crippen molar-refractivity contribution in [2.75, 3.05) is 0 Å². The Bertz CT molecular complexity index is 3900. The maximum atomic E-state index is 5.16. The molecule has 0 saturated carbocycles. The monoisotopic (exact) mass is 1010 g/mol. The summed E-state index contributed by atoms with van der Waals surface area (Å²) in [6, 6.07) is 86.8. The van der Waals surface area contributed by atoms with Crippen molar-refractivity contribution in [2.45, 2.75) is 52.4 Å². The van der Waals surface area contributed by atoms with Crippen molar-refractivity contribution in [1.29, 1.82) is 0 Å². The Hall–Kier alpha value is -9.45. The summed E-state index contributed by atoms with van der Waals surface area (Å²) in [6.45, 7) is 13.7. The highest BCUT2D eigenvalue weighted by molar-refractivity contribution is 5.95. The fourth-order valence-corrected chi connectivity index (χ4v) is 11.2. The van der Waals surface area contributed by atoms with Crippen LogP contribution in [0, 0.1) is 0 Å². The largest absolute Gasteiger partial charge is 0.256 e. The highest BCUT2D eigenvalue weighted by atomic mass is 15.3. The Morgan fingerprint density at radius 3 is 1.03 bits per heavy atom. The standard InChI is InChI=1S/C73H61N5/c1-72(2,3)70-67(48-75-77(70)59-27-12-8-13-28-59)65-35-20-18-33-63(65)57-44-56(45-58(46-57)64-34-19-21-36-66(64)68-49-76-78(71(68)73(4,5)6)60-29-14-9-15-30-60)62-32-17-16-31-61(62)55-41-42-69(74-47-55)54-26-22-25-53(43-54)52-39-37-51(38-40-52)50-23-10-7-11-24-50/h7-49H,1-6H3. The fraction of sp³-hybridized carbons (Fsp3) is 0.110. The zero-order valence-electron chi connectivity index (χ0n) is 45.1. The van der Waals surface area contributed by atoms with Crippen LogP contribution in [0.1, 0.15) is 52.9 Å². The van der Waals surface area contributed by atoms with Crippen molar-refractivity contribution in [2.24, 2.45) is 0 Å². The van der Waals surface area contributed by atoms with Crippen LogP contribution >= 0.6 is 0 Å². The molecule has 5 heteroatoms. The van der Waals surface area contributed by atoms with E-state index in [0.717, 1.165) is 106 Å². The summed E-state index contributed by atoms with van der Waals surface area (Å²) in [5.41, 5.74) is 24.0. The second-order valence-electron chi connectivity index (χ2n) is 22.2. The van der Waals surface area contributed by atoms with E-state index in [4.69, 9.17) is 15.2 Å². The molecule has 0 atom stereocenters. The Morgan fingerprint density at radius 2 is 0.590 bits per heavy atom. The van der Waals surface area contributed by atoms with Gasteiger partial charge in [0.2, 0.25) is 0 Å². The summed E-state index contributed by atoms with van der Waals surface area (Å²) in [6.07, 6.45) is 6.13. The summed E-state index contributed by atoms with van der Waals surface area (Å²) < 4.78 is 4.23. The normalized spacial score (nSPS) is 11.7. The van der Waals surface area contributed by atoms with Crippen LogP contribution in [0.25, 0.3) is 112 Å². The molecule has 0 aliphatic carbocycles. The third-order valence-electron chi connectivity index (χ3n) is 14.7. The molecule has 78 heavy (non-hydrogen) atoms. The van der Waals surface area contributed by atoms with Gasteiger partial charge in [-0.2, -0.15) is 10.2 Å². The molecule has 378 valence electrons. The molecular weight excluding hydrogens is 947 g/mol. The van der Waals surface area contributed by atoms with Crippen molar-refractivity contribution in [3.8, 4) is 112 Å². The lowest BCUT2D eigenvalue weighted by atomic mass is 9.82. The van der Waals surface area contributed by atoms with E-state index >= 15 is 0 Å². The molecule has 0 fully saturated rings. The summed E-state index contributed by atoms with van der Waals surface area (Å²) >= 11 is 0. The van der Waals surface area contributed by atoms with E-state index in [1.165, 1.54) is 16.7 Å². The smallest absolute Gasteiger partial charge is 0.0702 e. The molecule has 5 nitrogen and oxygen atoms in total. The van der Waals surface area contributed by atoms with E-state index in [-0.39, 0.29) is 10.8 Å². The van der Waals surface area contributed by atoms with Gasteiger partial charge >= 0.3 is 0 Å². The van der Waals surface area contributed by atoms with Crippen LogP contribution < -0.4 is 0 Å². The quantitative estimate of drug-likeness (QED) is 0.130. The molecule has 9 aromatic carbocycles. The Kier molecular flexibility index (Phi) is 13.0. The Balaban J connectivity index is 0.993. The lowest BCUT2D eigenvalue weighted by Crippen LogP contribution is -2.18. The third-order valence-corrected chi connectivity index (χ3v) is 14.7. The van der Waals surface area contributed by atoms with Gasteiger partial charge in [0.1, 0.15) is 0 Å². The Labute approximate surface area is 458 Å². The maximum absolute atomic E-state index is 5.16. The lowest BCUT2D eigenvalue weighted by molar-refractivity contribution is 0.545. The number of hydrogen-bond acceptors (Lipinski definition) is 3.